The van der Waals surface area contributed by atoms with Gasteiger partial charge in [0.1, 0.15) is 0 Å². The second kappa shape index (κ2) is 5.09. The number of hydrogen-bond acceptors (Lipinski definition) is 2. The number of aliphatic carboxylic acids is 1. The fourth-order valence-corrected chi connectivity index (χ4v) is 5.99. The van der Waals surface area contributed by atoms with Gasteiger partial charge in [0.15, 0.2) is 0 Å². The average molecular weight is 306 g/mol. The molecule has 0 heterocycles. The molecule has 3 nitrogen and oxygen atoms in total. The number of carbonyl (C=O) groups is 1. The smallest absolute Gasteiger partial charge is 0.313 e. The van der Waals surface area contributed by atoms with Gasteiger partial charge in [-0.3, -0.25) is 4.79 Å². The molecule has 5 atom stereocenters. The third kappa shape index (κ3) is 2.16. The van der Waals surface area contributed by atoms with E-state index < -0.39 is 11.4 Å². The van der Waals surface area contributed by atoms with Crippen molar-refractivity contribution in [3.05, 3.63) is 11.6 Å². The maximum atomic E-state index is 11.6. The standard InChI is InChI=1S/C19H30O3/c1-17(16(21)22)10-7-14-13(11-17)5-6-15-18(2,12-20)8-4-9-19(14,15)3/h11,14-15,20H,4-10,12H2,1-3H3,(H,21,22)/t14-,15+,17-,18+,19-/m0/s1. The summed E-state index contributed by atoms with van der Waals surface area (Å²) in [5.41, 5.74) is 0.993. The molecule has 0 aromatic rings. The summed E-state index contributed by atoms with van der Waals surface area (Å²) >= 11 is 0. The molecule has 3 rings (SSSR count). The van der Waals surface area contributed by atoms with Gasteiger partial charge in [-0.25, -0.2) is 0 Å². The molecule has 2 saturated carbocycles. The van der Waals surface area contributed by atoms with Crippen LogP contribution in [-0.4, -0.2) is 22.8 Å². The zero-order valence-corrected chi connectivity index (χ0v) is 14.2. The van der Waals surface area contributed by atoms with Gasteiger partial charge in [-0.05, 0) is 68.1 Å². The van der Waals surface area contributed by atoms with E-state index in [4.69, 9.17) is 0 Å². The minimum absolute atomic E-state index is 0.0477. The Balaban J connectivity index is 1.96. The normalized spacial score (nSPS) is 48.1. The quantitative estimate of drug-likeness (QED) is 0.758. The first-order valence-electron chi connectivity index (χ1n) is 8.81. The molecule has 0 radical (unpaired) electrons. The Morgan fingerprint density at radius 3 is 2.59 bits per heavy atom. The van der Waals surface area contributed by atoms with Gasteiger partial charge in [0.2, 0.25) is 0 Å². The van der Waals surface area contributed by atoms with Crippen LogP contribution < -0.4 is 0 Å². The number of fused-ring (bicyclic) bond motifs is 3. The molecule has 0 aromatic carbocycles. The summed E-state index contributed by atoms with van der Waals surface area (Å²) in [7, 11) is 0. The van der Waals surface area contributed by atoms with Gasteiger partial charge in [-0.15, -0.1) is 0 Å². The van der Waals surface area contributed by atoms with Gasteiger partial charge in [0, 0.05) is 6.61 Å². The van der Waals surface area contributed by atoms with E-state index >= 15 is 0 Å². The largest absolute Gasteiger partial charge is 0.481 e. The lowest BCUT2D eigenvalue weighted by Crippen LogP contribution is -2.53. The number of aliphatic hydroxyl groups is 1. The Morgan fingerprint density at radius 2 is 1.95 bits per heavy atom. The number of rotatable bonds is 2. The molecule has 0 aliphatic heterocycles. The van der Waals surface area contributed by atoms with E-state index in [0.717, 1.165) is 32.1 Å². The van der Waals surface area contributed by atoms with Crippen molar-refractivity contribution in [2.75, 3.05) is 6.61 Å². The van der Waals surface area contributed by atoms with Crippen molar-refractivity contribution in [3.8, 4) is 0 Å². The summed E-state index contributed by atoms with van der Waals surface area (Å²) < 4.78 is 0. The van der Waals surface area contributed by atoms with Crippen LogP contribution in [-0.2, 0) is 4.79 Å². The molecule has 2 fully saturated rings. The summed E-state index contributed by atoms with van der Waals surface area (Å²) in [6, 6.07) is 0. The highest BCUT2D eigenvalue weighted by atomic mass is 16.4. The Labute approximate surface area is 133 Å². The van der Waals surface area contributed by atoms with E-state index in [9.17, 15) is 15.0 Å². The lowest BCUT2D eigenvalue weighted by Gasteiger charge is -2.59. The minimum Gasteiger partial charge on any atom is -0.481 e. The van der Waals surface area contributed by atoms with Crippen LogP contribution in [0.1, 0.15) is 65.7 Å². The molecule has 3 aliphatic carbocycles. The molecular weight excluding hydrogens is 276 g/mol. The Kier molecular flexibility index (Phi) is 3.71. The molecule has 0 unspecified atom stereocenters. The van der Waals surface area contributed by atoms with Crippen molar-refractivity contribution < 1.29 is 15.0 Å². The first-order chi connectivity index (χ1) is 10.3. The van der Waals surface area contributed by atoms with Crippen molar-refractivity contribution in [1.82, 2.24) is 0 Å². The molecule has 3 aliphatic rings. The van der Waals surface area contributed by atoms with Gasteiger partial charge in [-0.2, -0.15) is 0 Å². The van der Waals surface area contributed by atoms with Gasteiger partial charge in [0.05, 0.1) is 5.41 Å². The number of carboxylic acid groups (broad SMARTS) is 1. The summed E-state index contributed by atoms with van der Waals surface area (Å²) in [6.45, 7) is 6.82. The van der Waals surface area contributed by atoms with E-state index in [1.54, 1.807) is 0 Å². The summed E-state index contributed by atoms with van der Waals surface area (Å²) in [5, 5.41) is 19.5. The molecule has 2 N–H and O–H groups in total. The Morgan fingerprint density at radius 1 is 1.23 bits per heavy atom. The maximum Gasteiger partial charge on any atom is 0.313 e. The van der Waals surface area contributed by atoms with Crippen LogP contribution in [0.15, 0.2) is 11.6 Å². The molecule has 0 spiro atoms. The molecule has 0 aromatic heterocycles. The van der Waals surface area contributed by atoms with Crippen LogP contribution in [0, 0.1) is 28.1 Å². The zero-order valence-electron chi connectivity index (χ0n) is 14.2. The maximum absolute atomic E-state index is 11.6. The van der Waals surface area contributed by atoms with Crippen LogP contribution >= 0.6 is 0 Å². The van der Waals surface area contributed by atoms with E-state index in [2.05, 4.69) is 19.9 Å². The topological polar surface area (TPSA) is 57.5 Å². The predicted molar refractivity (Wildman–Crippen MR) is 86.4 cm³/mol. The molecule has 22 heavy (non-hydrogen) atoms. The van der Waals surface area contributed by atoms with Crippen LogP contribution in [0.3, 0.4) is 0 Å². The van der Waals surface area contributed by atoms with Gasteiger partial charge >= 0.3 is 5.97 Å². The third-order valence-electron chi connectivity index (χ3n) is 7.37. The molecule has 0 saturated heterocycles. The average Bonchev–Trinajstić information content (AvgIpc) is 2.46. The molecule has 124 valence electrons. The van der Waals surface area contributed by atoms with Crippen molar-refractivity contribution in [2.45, 2.75) is 65.7 Å². The van der Waals surface area contributed by atoms with Gasteiger partial charge in [0.25, 0.3) is 0 Å². The fourth-order valence-electron chi connectivity index (χ4n) is 5.99. The van der Waals surface area contributed by atoms with Crippen LogP contribution in [0.5, 0.6) is 0 Å². The first-order valence-corrected chi connectivity index (χ1v) is 8.81. The second-order valence-electron chi connectivity index (χ2n) is 8.80. The first kappa shape index (κ1) is 16.0. The van der Waals surface area contributed by atoms with Gasteiger partial charge < -0.3 is 10.2 Å². The molecular formula is C19H30O3. The number of carboxylic acids is 1. The highest BCUT2D eigenvalue weighted by Crippen LogP contribution is 2.63. The monoisotopic (exact) mass is 306 g/mol. The highest BCUT2D eigenvalue weighted by Gasteiger charge is 2.56. The molecule has 0 bridgehead atoms. The third-order valence-corrected chi connectivity index (χ3v) is 7.37. The molecule has 3 heteroatoms. The van der Waals surface area contributed by atoms with E-state index in [1.165, 1.54) is 18.4 Å². The SMILES string of the molecule is C[C@]1(CO)CCC[C@]2(C)[C@@H]1CCC1=C[C@@](C)(C(=O)O)CC[C@@H]12. The minimum atomic E-state index is -0.686. The predicted octanol–water partition coefficient (Wildman–Crippen LogP) is 4.01. The number of hydrogen-bond donors (Lipinski definition) is 2. The fraction of sp³-hybridized carbons (Fsp3) is 0.842. The highest BCUT2D eigenvalue weighted by molar-refractivity contribution is 5.77. The van der Waals surface area contributed by atoms with Crippen LogP contribution in [0.25, 0.3) is 0 Å². The van der Waals surface area contributed by atoms with Crippen LogP contribution in [0.2, 0.25) is 0 Å². The summed E-state index contributed by atoms with van der Waals surface area (Å²) in [6.07, 6.45) is 9.47. The lowest BCUT2D eigenvalue weighted by molar-refractivity contribution is -0.147. The van der Waals surface area contributed by atoms with Crippen molar-refractivity contribution in [3.63, 3.8) is 0 Å². The van der Waals surface area contributed by atoms with Crippen molar-refractivity contribution >= 4 is 5.97 Å². The number of allylic oxidation sites excluding steroid dienone is 1. The summed E-state index contributed by atoms with van der Waals surface area (Å²) in [4.78, 5) is 11.6. The van der Waals surface area contributed by atoms with E-state index in [-0.39, 0.29) is 17.4 Å². The van der Waals surface area contributed by atoms with Crippen molar-refractivity contribution in [1.29, 1.82) is 0 Å². The van der Waals surface area contributed by atoms with E-state index in [0.29, 0.717) is 11.8 Å². The molecule has 0 amide bonds. The van der Waals surface area contributed by atoms with Crippen LogP contribution in [0.4, 0.5) is 0 Å². The summed E-state index contributed by atoms with van der Waals surface area (Å²) in [5.74, 6) is 0.398. The second-order valence-corrected chi connectivity index (χ2v) is 8.80. The lowest BCUT2D eigenvalue weighted by atomic mass is 9.45. The van der Waals surface area contributed by atoms with Crippen molar-refractivity contribution in [2.24, 2.45) is 28.1 Å². The van der Waals surface area contributed by atoms with E-state index in [1.807, 2.05) is 6.92 Å². The zero-order chi connectivity index (χ0) is 16.2. The number of aliphatic hydroxyl groups excluding tert-OH is 1. The Hall–Kier alpha value is -0.830. The van der Waals surface area contributed by atoms with Gasteiger partial charge in [-0.1, -0.05) is 31.9 Å². The Bertz CT molecular complexity index is 511.